The molecule has 18 heavy (non-hydrogen) atoms. The Labute approximate surface area is 105 Å². The molecule has 1 aliphatic carbocycles. The SMILES string of the molecule is Cc1n[nH]c(C)c1NC(=O)[C@@H]1CC[C@H](C(=O)O)C1. The van der Waals surface area contributed by atoms with Crippen molar-refractivity contribution in [2.24, 2.45) is 11.8 Å². The zero-order valence-electron chi connectivity index (χ0n) is 10.5. The predicted molar refractivity (Wildman–Crippen MR) is 65.2 cm³/mol. The summed E-state index contributed by atoms with van der Waals surface area (Å²) in [6.45, 7) is 3.65. The number of carbonyl (C=O) groups excluding carboxylic acids is 1. The minimum Gasteiger partial charge on any atom is -0.481 e. The van der Waals surface area contributed by atoms with Gasteiger partial charge in [0, 0.05) is 5.92 Å². The maximum Gasteiger partial charge on any atom is 0.306 e. The van der Waals surface area contributed by atoms with Crippen LogP contribution in [0.2, 0.25) is 0 Å². The molecule has 0 radical (unpaired) electrons. The van der Waals surface area contributed by atoms with E-state index in [1.165, 1.54) is 0 Å². The Bertz CT molecular complexity index is 461. The van der Waals surface area contributed by atoms with Gasteiger partial charge >= 0.3 is 5.97 Å². The molecule has 0 bridgehead atoms. The summed E-state index contributed by atoms with van der Waals surface area (Å²) in [6.07, 6.45) is 1.65. The standard InChI is InChI=1S/C12H17N3O3/c1-6-10(7(2)15-14-6)13-11(16)8-3-4-9(5-8)12(17)18/h8-9H,3-5H2,1-2H3,(H,13,16)(H,14,15)(H,17,18)/t8-,9+/m1/s1. The summed E-state index contributed by atoms with van der Waals surface area (Å²) >= 11 is 0. The van der Waals surface area contributed by atoms with Crippen molar-refractivity contribution in [3.8, 4) is 0 Å². The number of anilines is 1. The van der Waals surface area contributed by atoms with Gasteiger partial charge in [0.25, 0.3) is 0 Å². The van der Waals surface area contributed by atoms with E-state index in [4.69, 9.17) is 5.11 Å². The largest absolute Gasteiger partial charge is 0.481 e. The van der Waals surface area contributed by atoms with Gasteiger partial charge in [-0.2, -0.15) is 5.10 Å². The first-order valence-electron chi connectivity index (χ1n) is 6.04. The smallest absolute Gasteiger partial charge is 0.306 e. The molecular weight excluding hydrogens is 234 g/mol. The van der Waals surface area contributed by atoms with E-state index in [0.29, 0.717) is 24.9 Å². The third-order valence-electron chi connectivity index (χ3n) is 3.53. The molecule has 0 spiro atoms. The van der Waals surface area contributed by atoms with Crippen LogP contribution in [-0.4, -0.2) is 27.2 Å². The van der Waals surface area contributed by atoms with Crippen LogP contribution in [0.25, 0.3) is 0 Å². The van der Waals surface area contributed by atoms with Crippen LogP contribution in [0.15, 0.2) is 0 Å². The summed E-state index contributed by atoms with van der Waals surface area (Å²) in [7, 11) is 0. The highest BCUT2D eigenvalue weighted by molar-refractivity contribution is 5.94. The van der Waals surface area contributed by atoms with E-state index in [1.807, 2.05) is 13.8 Å². The van der Waals surface area contributed by atoms with E-state index in [2.05, 4.69) is 15.5 Å². The highest BCUT2D eigenvalue weighted by Crippen LogP contribution is 2.32. The highest BCUT2D eigenvalue weighted by atomic mass is 16.4. The van der Waals surface area contributed by atoms with Crippen molar-refractivity contribution >= 4 is 17.6 Å². The fourth-order valence-electron chi connectivity index (χ4n) is 2.40. The molecule has 1 heterocycles. The molecule has 0 aromatic carbocycles. The molecule has 2 rings (SSSR count). The molecule has 0 aliphatic heterocycles. The van der Waals surface area contributed by atoms with Crippen LogP contribution in [0, 0.1) is 25.7 Å². The summed E-state index contributed by atoms with van der Waals surface area (Å²) < 4.78 is 0. The third-order valence-corrected chi connectivity index (χ3v) is 3.53. The maximum absolute atomic E-state index is 12.0. The fraction of sp³-hybridized carbons (Fsp3) is 0.583. The number of hydrogen-bond acceptors (Lipinski definition) is 3. The zero-order valence-corrected chi connectivity index (χ0v) is 10.5. The van der Waals surface area contributed by atoms with E-state index in [9.17, 15) is 9.59 Å². The van der Waals surface area contributed by atoms with E-state index in [0.717, 1.165) is 11.4 Å². The van der Waals surface area contributed by atoms with E-state index < -0.39 is 5.97 Å². The van der Waals surface area contributed by atoms with Gasteiger partial charge in [0.1, 0.15) is 0 Å². The predicted octanol–water partition coefficient (Wildman–Crippen LogP) is 1.47. The number of H-pyrrole nitrogens is 1. The lowest BCUT2D eigenvalue weighted by Gasteiger charge is -2.10. The number of rotatable bonds is 3. The fourth-order valence-corrected chi connectivity index (χ4v) is 2.40. The molecule has 6 nitrogen and oxygen atoms in total. The quantitative estimate of drug-likeness (QED) is 0.758. The summed E-state index contributed by atoms with van der Waals surface area (Å²) in [5.41, 5.74) is 2.26. The van der Waals surface area contributed by atoms with Gasteiger partial charge in [0.05, 0.1) is 23.0 Å². The normalized spacial score (nSPS) is 23.0. The number of amides is 1. The zero-order chi connectivity index (χ0) is 13.3. The summed E-state index contributed by atoms with van der Waals surface area (Å²) in [5, 5.41) is 18.6. The van der Waals surface area contributed by atoms with Crippen molar-refractivity contribution in [3.63, 3.8) is 0 Å². The number of aromatic amines is 1. The average molecular weight is 251 g/mol. The number of aliphatic carboxylic acids is 1. The molecule has 1 aromatic rings. The molecular formula is C12H17N3O3. The summed E-state index contributed by atoms with van der Waals surface area (Å²) in [6, 6.07) is 0. The monoisotopic (exact) mass is 251 g/mol. The lowest BCUT2D eigenvalue weighted by molar-refractivity contribution is -0.141. The Hall–Kier alpha value is -1.85. The summed E-state index contributed by atoms with van der Waals surface area (Å²) in [5.74, 6) is -1.50. The van der Waals surface area contributed by atoms with Crippen LogP contribution in [0.1, 0.15) is 30.7 Å². The van der Waals surface area contributed by atoms with E-state index >= 15 is 0 Å². The number of carboxylic acids is 1. The van der Waals surface area contributed by atoms with Gasteiger partial charge in [-0.3, -0.25) is 14.7 Å². The molecule has 6 heteroatoms. The molecule has 1 aliphatic rings. The first-order valence-corrected chi connectivity index (χ1v) is 6.04. The van der Waals surface area contributed by atoms with Crippen molar-refractivity contribution in [2.45, 2.75) is 33.1 Å². The number of carboxylic acid groups (broad SMARTS) is 1. The van der Waals surface area contributed by atoms with Gasteiger partial charge in [-0.15, -0.1) is 0 Å². The van der Waals surface area contributed by atoms with Gasteiger partial charge in [0.15, 0.2) is 0 Å². The van der Waals surface area contributed by atoms with Gasteiger partial charge in [-0.25, -0.2) is 0 Å². The molecule has 1 fully saturated rings. The Balaban J connectivity index is 2.00. The average Bonchev–Trinajstić information content (AvgIpc) is 2.91. The van der Waals surface area contributed by atoms with Gasteiger partial charge in [-0.05, 0) is 33.1 Å². The van der Waals surface area contributed by atoms with Crippen molar-refractivity contribution in [1.29, 1.82) is 0 Å². The van der Waals surface area contributed by atoms with E-state index in [-0.39, 0.29) is 17.7 Å². The molecule has 1 saturated carbocycles. The molecule has 98 valence electrons. The number of aromatic nitrogens is 2. The first kappa shape index (κ1) is 12.6. The Morgan fingerprint density at radius 3 is 2.50 bits per heavy atom. The second-order valence-electron chi connectivity index (χ2n) is 4.84. The van der Waals surface area contributed by atoms with Gasteiger partial charge < -0.3 is 10.4 Å². The second kappa shape index (κ2) is 4.80. The van der Waals surface area contributed by atoms with Crippen molar-refractivity contribution < 1.29 is 14.7 Å². The first-order chi connectivity index (χ1) is 8.49. The molecule has 1 aromatic heterocycles. The molecule has 0 saturated heterocycles. The van der Waals surface area contributed by atoms with Crippen LogP contribution < -0.4 is 5.32 Å². The number of nitrogens with one attached hydrogen (secondary N) is 2. The van der Waals surface area contributed by atoms with Crippen molar-refractivity contribution in [3.05, 3.63) is 11.4 Å². The lowest BCUT2D eigenvalue weighted by Crippen LogP contribution is -2.22. The number of nitrogens with zero attached hydrogens (tertiary/aromatic N) is 1. The number of carbonyl (C=O) groups is 2. The minimum atomic E-state index is -0.805. The number of aryl methyl sites for hydroxylation is 2. The molecule has 0 unspecified atom stereocenters. The topological polar surface area (TPSA) is 95.1 Å². The minimum absolute atomic E-state index is 0.105. The molecule has 2 atom stereocenters. The maximum atomic E-state index is 12.0. The highest BCUT2D eigenvalue weighted by Gasteiger charge is 2.34. The third kappa shape index (κ3) is 2.37. The Morgan fingerprint density at radius 1 is 1.33 bits per heavy atom. The van der Waals surface area contributed by atoms with Crippen molar-refractivity contribution in [1.82, 2.24) is 10.2 Å². The second-order valence-corrected chi connectivity index (χ2v) is 4.84. The van der Waals surface area contributed by atoms with Crippen LogP contribution in [0.3, 0.4) is 0 Å². The molecule has 1 amide bonds. The van der Waals surface area contributed by atoms with Crippen molar-refractivity contribution in [2.75, 3.05) is 5.32 Å². The van der Waals surface area contributed by atoms with Crippen LogP contribution in [0.4, 0.5) is 5.69 Å². The van der Waals surface area contributed by atoms with E-state index in [1.54, 1.807) is 0 Å². The van der Waals surface area contributed by atoms with Crippen LogP contribution in [0.5, 0.6) is 0 Å². The summed E-state index contributed by atoms with van der Waals surface area (Å²) in [4.78, 5) is 22.9. The van der Waals surface area contributed by atoms with Gasteiger partial charge in [0.2, 0.25) is 5.91 Å². The van der Waals surface area contributed by atoms with Crippen LogP contribution in [-0.2, 0) is 9.59 Å². The molecule has 3 N–H and O–H groups in total. The van der Waals surface area contributed by atoms with Crippen LogP contribution >= 0.6 is 0 Å². The lowest BCUT2D eigenvalue weighted by atomic mass is 10.0. The van der Waals surface area contributed by atoms with Gasteiger partial charge in [-0.1, -0.05) is 0 Å². The Morgan fingerprint density at radius 2 is 2.00 bits per heavy atom. The Kier molecular flexibility index (Phi) is 3.36. The number of hydrogen-bond donors (Lipinski definition) is 3.